The second-order valence-corrected chi connectivity index (χ2v) is 6.44. The normalized spacial score (nSPS) is 10.4. The smallest absolute Gasteiger partial charge is 0.335 e. The third-order valence-corrected chi connectivity index (χ3v) is 4.26. The summed E-state index contributed by atoms with van der Waals surface area (Å²) in [6.07, 6.45) is 0. The van der Waals surface area contributed by atoms with E-state index in [-0.39, 0.29) is 11.1 Å². The van der Waals surface area contributed by atoms with Crippen LogP contribution in [0.25, 0.3) is 0 Å². The van der Waals surface area contributed by atoms with E-state index in [0.29, 0.717) is 22.9 Å². The molecule has 0 fully saturated rings. The SMILES string of the molecule is O=C(O)c1ccc(NC(=O)c2ccc(F)cc2NCc2ccc(Cl)cc2)cc1. The zero-order valence-electron chi connectivity index (χ0n) is 14.6. The molecule has 142 valence electrons. The highest BCUT2D eigenvalue weighted by Crippen LogP contribution is 2.21. The number of hydrogen-bond acceptors (Lipinski definition) is 3. The van der Waals surface area contributed by atoms with Gasteiger partial charge in [-0.3, -0.25) is 4.79 Å². The second kappa shape index (κ2) is 8.54. The van der Waals surface area contributed by atoms with Crippen molar-refractivity contribution >= 4 is 34.9 Å². The summed E-state index contributed by atoms with van der Waals surface area (Å²) in [6.45, 7) is 0.383. The van der Waals surface area contributed by atoms with Gasteiger partial charge in [-0.05, 0) is 60.2 Å². The molecule has 0 aromatic heterocycles. The van der Waals surface area contributed by atoms with Crippen LogP contribution in [0.1, 0.15) is 26.3 Å². The van der Waals surface area contributed by atoms with E-state index in [2.05, 4.69) is 10.6 Å². The van der Waals surface area contributed by atoms with Crippen LogP contribution in [0.5, 0.6) is 0 Å². The molecular weight excluding hydrogens is 383 g/mol. The zero-order chi connectivity index (χ0) is 20.1. The van der Waals surface area contributed by atoms with Gasteiger partial charge in [-0.2, -0.15) is 0 Å². The average Bonchev–Trinajstić information content (AvgIpc) is 2.68. The Balaban J connectivity index is 1.75. The first-order chi connectivity index (χ1) is 13.4. The van der Waals surface area contributed by atoms with Crippen molar-refractivity contribution in [1.82, 2.24) is 0 Å². The third kappa shape index (κ3) is 4.86. The van der Waals surface area contributed by atoms with Crippen LogP contribution in [0.3, 0.4) is 0 Å². The maximum atomic E-state index is 13.7. The van der Waals surface area contributed by atoms with Gasteiger partial charge in [0.2, 0.25) is 0 Å². The molecule has 3 rings (SSSR count). The number of nitrogens with one attached hydrogen (secondary N) is 2. The van der Waals surface area contributed by atoms with E-state index in [4.69, 9.17) is 16.7 Å². The summed E-state index contributed by atoms with van der Waals surface area (Å²) in [6, 6.07) is 16.8. The Morgan fingerprint density at radius 2 is 1.64 bits per heavy atom. The number of anilines is 2. The number of benzene rings is 3. The molecule has 0 radical (unpaired) electrons. The molecule has 0 aliphatic carbocycles. The highest BCUT2D eigenvalue weighted by atomic mass is 35.5. The van der Waals surface area contributed by atoms with Gasteiger partial charge in [-0.15, -0.1) is 0 Å². The fraction of sp³-hybridized carbons (Fsp3) is 0.0476. The number of carbonyl (C=O) groups is 2. The van der Waals surface area contributed by atoms with Crippen molar-refractivity contribution in [3.05, 3.63) is 94.3 Å². The summed E-state index contributed by atoms with van der Waals surface area (Å²) in [5.41, 5.74) is 2.07. The average molecular weight is 399 g/mol. The summed E-state index contributed by atoms with van der Waals surface area (Å²) in [5.74, 6) is -1.97. The lowest BCUT2D eigenvalue weighted by Crippen LogP contribution is -2.15. The number of carboxylic acids is 1. The van der Waals surface area contributed by atoms with Crippen LogP contribution >= 0.6 is 11.6 Å². The lowest BCUT2D eigenvalue weighted by atomic mass is 10.1. The maximum Gasteiger partial charge on any atom is 0.335 e. The first-order valence-electron chi connectivity index (χ1n) is 8.35. The van der Waals surface area contributed by atoms with Crippen LogP contribution in [-0.2, 0) is 6.54 Å². The van der Waals surface area contributed by atoms with Crippen molar-refractivity contribution < 1.29 is 19.1 Å². The molecule has 0 spiro atoms. The van der Waals surface area contributed by atoms with Crippen molar-refractivity contribution in [2.24, 2.45) is 0 Å². The fourth-order valence-electron chi connectivity index (χ4n) is 2.55. The van der Waals surface area contributed by atoms with Gasteiger partial charge in [0.15, 0.2) is 0 Å². The minimum absolute atomic E-state index is 0.116. The number of halogens is 2. The van der Waals surface area contributed by atoms with Gasteiger partial charge >= 0.3 is 5.97 Å². The number of carboxylic acid groups (broad SMARTS) is 1. The molecule has 1 amide bonds. The molecule has 28 heavy (non-hydrogen) atoms. The zero-order valence-corrected chi connectivity index (χ0v) is 15.3. The van der Waals surface area contributed by atoms with Gasteiger partial charge in [-0.1, -0.05) is 23.7 Å². The minimum atomic E-state index is -1.05. The molecule has 0 saturated heterocycles. The van der Waals surface area contributed by atoms with E-state index in [1.807, 2.05) is 12.1 Å². The number of amides is 1. The molecule has 5 nitrogen and oxygen atoms in total. The molecule has 0 saturated carbocycles. The summed E-state index contributed by atoms with van der Waals surface area (Å²) in [4.78, 5) is 23.5. The topological polar surface area (TPSA) is 78.4 Å². The molecular formula is C21H16ClFN2O3. The number of hydrogen-bond donors (Lipinski definition) is 3. The largest absolute Gasteiger partial charge is 0.478 e. The fourth-order valence-corrected chi connectivity index (χ4v) is 2.68. The Hall–Kier alpha value is -3.38. The summed E-state index contributed by atoms with van der Waals surface area (Å²) in [7, 11) is 0. The monoisotopic (exact) mass is 398 g/mol. The summed E-state index contributed by atoms with van der Waals surface area (Å²) in [5, 5.41) is 15.3. The predicted octanol–water partition coefficient (Wildman–Crippen LogP) is 5.04. The van der Waals surface area contributed by atoms with Gasteiger partial charge in [0.1, 0.15) is 5.82 Å². The standard InChI is InChI=1S/C21H16ClFN2O3/c22-15-5-1-13(2-6-15)12-24-19-11-16(23)7-10-18(19)20(26)25-17-8-3-14(4-9-17)21(27)28/h1-11,24H,12H2,(H,25,26)(H,27,28). The van der Waals surface area contributed by atoms with Crippen molar-refractivity contribution in [3.8, 4) is 0 Å². The molecule has 0 atom stereocenters. The van der Waals surface area contributed by atoms with Gasteiger partial charge in [0.25, 0.3) is 5.91 Å². The Morgan fingerprint density at radius 3 is 2.29 bits per heavy atom. The molecule has 3 N–H and O–H groups in total. The predicted molar refractivity (Wildman–Crippen MR) is 107 cm³/mol. The van der Waals surface area contributed by atoms with Crippen molar-refractivity contribution in [3.63, 3.8) is 0 Å². The Morgan fingerprint density at radius 1 is 0.964 bits per heavy atom. The van der Waals surface area contributed by atoms with Gasteiger partial charge in [0, 0.05) is 17.3 Å². The first-order valence-corrected chi connectivity index (χ1v) is 8.73. The first kappa shape index (κ1) is 19.4. The number of carbonyl (C=O) groups excluding carboxylic acids is 1. The van der Waals surface area contributed by atoms with Crippen molar-refractivity contribution in [2.75, 3.05) is 10.6 Å². The van der Waals surface area contributed by atoms with Crippen LogP contribution in [0.4, 0.5) is 15.8 Å². The van der Waals surface area contributed by atoms with Crippen molar-refractivity contribution in [2.45, 2.75) is 6.54 Å². The maximum absolute atomic E-state index is 13.7. The lowest BCUT2D eigenvalue weighted by molar-refractivity contribution is 0.0696. The molecule has 0 aliphatic heterocycles. The lowest BCUT2D eigenvalue weighted by Gasteiger charge is -2.13. The summed E-state index contributed by atoms with van der Waals surface area (Å²) >= 11 is 5.87. The van der Waals surface area contributed by atoms with E-state index in [0.717, 1.165) is 5.56 Å². The summed E-state index contributed by atoms with van der Waals surface area (Å²) < 4.78 is 13.7. The van der Waals surface area contributed by atoms with Crippen LogP contribution in [0, 0.1) is 5.82 Å². The van der Waals surface area contributed by atoms with Crippen LogP contribution in [-0.4, -0.2) is 17.0 Å². The Bertz CT molecular complexity index is 1010. The molecule has 0 unspecified atom stereocenters. The molecule has 7 heteroatoms. The van der Waals surface area contributed by atoms with E-state index in [1.165, 1.54) is 42.5 Å². The Labute approximate surface area is 165 Å². The number of rotatable bonds is 6. The van der Waals surface area contributed by atoms with Gasteiger partial charge in [-0.25, -0.2) is 9.18 Å². The van der Waals surface area contributed by atoms with Crippen molar-refractivity contribution in [1.29, 1.82) is 0 Å². The van der Waals surface area contributed by atoms with Crippen LogP contribution < -0.4 is 10.6 Å². The van der Waals surface area contributed by atoms with E-state index in [9.17, 15) is 14.0 Å². The Kier molecular flexibility index (Phi) is 5.91. The molecule has 0 heterocycles. The van der Waals surface area contributed by atoms with Crippen LogP contribution in [0.15, 0.2) is 66.7 Å². The second-order valence-electron chi connectivity index (χ2n) is 6.01. The quantitative estimate of drug-likeness (QED) is 0.543. The number of aromatic carboxylic acids is 1. The van der Waals surface area contributed by atoms with E-state index in [1.54, 1.807) is 12.1 Å². The van der Waals surface area contributed by atoms with Gasteiger partial charge < -0.3 is 15.7 Å². The van der Waals surface area contributed by atoms with Gasteiger partial charge in [0.05, 0.1) is 16.8 Å². The molecule has 0 bridgehead atoms. The third-order valence-electron chi connectivity index (χ3n) is 4.01. The molecule has 0 aliphatic rings. The van der Waals surface area contributed by atoms with Crippen LogP contribution in [0.2, 0.25) is 5.02 Å². The highest BCUT2D eigenvalue weighted by Gasteiger charge is 2.13. The molecule has 3 aromatic carbocycles. The molecule has 3 aromatic rings. The van der Waals surface area contributed by atoms with E-state index < -0.39 is 17.7 Å². The highest BCUT2D eigenvalue weighted by molar-refractivity contribution is 6.30. The van der Waals surface area contributed by atoms with E-state index >= 15 is 0 Å². The minimum Gasteiger partial charge on any atom is -0.478 e.